The van der Waals surface area contributed by atoms with Crippen molar-refractivity contribution in [3.8, 4) is 51.7 Å². The average Bonchev–Trinajstić information content (AvgIpc) is 1.66. The number of aryl methyl sites for hydroxylation is 7. The quantitative estimate of drug-likeness (QED) is 0.0264. The Labute approximate surface area is 584 Å². The Morgan fingerprint density at radius 2 is 0.657 bits per heavy atom. The molecular weight excluding hydrogens is 1340 g/mol. The Morgan fingerprint density at radius 3 is 0.939 bits per heavy atom. The molecule has 3 N–H and O–H groups in total. The molecule has 12 aromatic rings. The third-order valence-corrected chi connectivity index (χ3v) is 19.0. The van der Waals surface area contributed by atoms with Gasteiger partial charge >= 0.3 is 0 Å². The van der Waals surface area contributed by atoms with E-state index in [1.165, 1.54) is 71.0 Å². The predicted octanol–water partition coefficient (Wildman–Crippen LogP) is 20.3. The smallest absolute Gasteiger partial charge is 0.297 e. The van der Waals surface area contributed by atoms with Gasteiger partial charge in [0.15, 0.2) is 17.2 Å². The first-order chi connectivity index (χ1) is 47.6. The van der Waals surface area contributed by atoms with Gasteiger partial charge in [0, 0.05) is 52.0 Å². The van der Waals surface area contributed by atoms with Crippen LogP contribution in [-0.2, 0) is 28.6 Å². The van der Waals surface area contributed by atoms with E-state index in [2.05, 4.69) is 14.2 Å². The molecule has 0 radical (unpaired) electrons. The first kappa shape index (κ1) is 70.3. The highest BCUT2D eigenvalue weighted by molar-refractivity contribution is 7.22. The van der Waals surface area contributed by atoms with Gasteiger partial charge in [-0.05, 0) is 232 Å². The van der Waals surface area contributed by atoms with Crippen LogP contribution in [-0.4, -0.2) is 52.1 Å². The summed E-state index contributed by atoms with van der Waals surface area (Å²) >= 11 is 9.94. The van der Waals surface area contributed by atoms with Crippen LogP contribution in [0.4, 0.5) is 4.39 Å². The zero-order valence-electron chi connectivity index (χ0n) is 54.0. The van der Waals surface area contributed by atoms with Crippen molar-refractivity contribution in [2.45, 2.75) is 48.5 Å². The number of phenolic OH excluding ortho intramolecular Hbond substituents is 3. The fourth-order valence-corrected chi connectivity index (χ4v) is 14.8. The summed E-state index contributed by atoms with van der Waals surface area (Å²) in [5.41, 5.74) is 9.67. The number of aromatic hydroxyl groups is 3. The second kappa shape index (κ2) is 31.6. The molecule has 0 saturated heterocycles. The lowest BCUT2D eigenvalue weighted by atomic mass is 9.95. The van der Waals surface area contributed by atoms with Crippen LogP contribution in [0.5, 0.6) is 51.7 Å². The van der Waals surface area contributed by atoms with Crippen molar-refractivity contribution in [3.63, 3.8) is 0 Å². The van der Waals surface area contributed by atoms with Gasteiger partial charge in [0.25, 0.3) is 19.4 Å². The zero-order valence-corrected chi connectivity index (χ0v) is 57.2. The number of ketones is 3. The third-order valence-electron chi connectivity index (χ3n) is 15.3. The fraction of sp³-hybridized carbons (Fsp3) is 0.0886. The van der Waals surface area contributed by atoms with Crippen molar-refractivity contribution in [2.24, 2.45) is 0 Å². The van der Waals surface area contributed by atoms with E-state index >= 15 is 0 Å². The Hall–Kier alpha value is -11.5. The molecule has 0 saturated carbocycles. The summed E-state index contributed by atoms with van der Waals surface area (Å²) in [6.07, 6.45) is 8.77. The minimum absolute atomic E-state index is 0.0807. The van der Waals surface area contributed by atoms with Crippen molar-refractivity contribution in [3.05, 3.63) is 280 Å². The molecule has 20 heteroatoms. The first-order valence-corrected chi connectivity index (χ1v) is 33.1. The van der Waals surface area contributed by atoms with E-state index in [1.54, 1.807) is 153 Å². The van der Waals surface area contributed by atoms with Crippen molar-refractivity contribution in [2.75, 3.05) is 0 Å². The van der Waals surface area contributed by atoms with Crippen LogP contribution in [0.25, 0.3) is 48.5 Å². The van der Waals surface area contributed by atoms with Gasteiger partial charge in [-0.3, -0.25) is 28.8 Å². The van der Waals surface area contributed by atoms with Crippen LogP contribution in [0.15, 0.2) is 183 Å². The van der Waals surface area contributed by atoms with Crippen molar-refractivity contribution in [1.29, 1.82) is 0 Å². The molecule has 498 valence electrons. The molecular formula is C79H60ClFO15S3. The van der Waals surface area contributed by atoms with Crippen LogP contribution >= 0.6 is 45.6 Å². The van der Waals surface area contributed by atoms with Gasteiger partial charge in [-0.2, -0.15) is 0 Å². The normalized spacial score (nSPS) is 11.1. The third kappa shape index (κ3) is 16.7. The Kier molecular flexibility index (Phi) is 22.4. The number of fused-ring (bicyclic) bond motifs is 3. The molecule has 12 rings (SSSR count). The van der Waals surface area contributed by atoms with Gasteiger partial charge < -0.3 is 43.7 Å². The molecule has 9 aromatic carbocycles. The number of carbonyl (C=O) groups excluding carboxylic acids is 6. The topological polar surface area (TPSA) is 218 Å². The number of phenols is 3. The number of carbonyl (C=O) groups is 6. The summed E-state index contributed by atoms with van der Waals surface area (Å²) in [6.45, 7) is 14.0. The maximum absolute atomic E-state index is 13.8. The van der Waals surface area contributed by atoms with E-state index in [0.29, 0.717) is 111 Å². The van der Waals surface area contributed by atoms with E-state index < -0.39 is 5.82 Å². The van der Waals surface area contributed by atoms with Gasteiger partial charge in [-0.15, -0.1) is 34.0 Å². The Balaban J connectivity index is 0.000000161. The number of thiophene rings is 3. The minimum Gasteiger partial charge on any atom is -0.508 e. The number of hydrogen-bond acceptors (Lipinski definition) is 18. The van der Waals surface area contributed by atoms with E-state index in [-0.39, 0.29) is 34.6 Å². The number of rotatable bonds is 21. The highest BCUT2D eigenvalue weighted by Gasteiger charge is 2.28. The maximum Gasteiger partial charge on any atom is 0.297 e. The maximum atomic E-state index is 13.8. The predicted molar refractivity (Wildman–Crippen MR) is 386 cm³/mol. The van der Waals surface area contributed by atoms with Crippen LogP contribution < -0.4 is 14.2 Å². The first-order valence-electron chi connectivity index (χ1n) is 30.2. The Morgan fingerprint density at radius 1 is 0.384 bits per heavy atom. The number of benzene rings is 9. The van der Waals surface area contributed by atoms with Gasteiger partial charge in [0.1, 0.15) is 54.9 Å². The SMILES string of the molecule is Cc1cc(C)c(C(=O)c2sc3cc(O)ccc3c2Oc2ccc(/C=C/OC=O)cc2)c(C)c1.Cc1cc(Cl)cc(C)c1C(=O)c1sc2cc(O)ccc2c1Oc1ccc(/C=C/OC=O)cc1.Cc1cc(F)cc(C)c1C(=O)c1sc2cc(O)ccc2c1Oc1ccc(/C=C/OC=O)cc1. The molecule has 0 amide bonds. The largest absolute Gasteiger partial charge is 0.508 e. The molecule has 0 aliphatic heterocycles. The van der Waals surface area contributed by atoms with E-state index in [1.807, 2.05) is 58.9 Å². The summed E-state index contributed by atoms with van der Waals surface area (Å²) in [7, 11) is 0. The van der Waals surface area contributed by atoms with Crippen LogP contribution in [0.3, 0.4) is 0 Å². The van der Waals surface area contributed by atoms with Gasteiger partial charge in [0.05, 0.1) is 18.8 Å². The molecule has 15 nitrogen and oxygen atoms in total. The lowest BCUT2D eigenvalue weighted by Gasteiger charge is -2.12. The molecule has 0 aliphatic rings. The van der Waals surface area contributed by atoms with E-state index in [0.717, 1.165) is 64.7 Å². The van der Waals surface area contributed by atoms with Crippen LogP contribution in [0.2, 0.25) is 5.02 Å². The highest BCUT2D eigenvalue weighted by Crippen LogP contribution is 2.47. The lowest BCUT2D eigenvalue weighted by Crippen LogP contribution is -2.06. The molecule has 0 atom stereocenters. The molecule has 3 aromatic heterocycles. The summed E-state index contributed by atoms with van der Waals surface area (Å²) < 4.78 is 48.3. The number of halogens is 2. The van der Waals surface area contributed by atoms with E-state index in [9.17, 15) is 48.5 Å². The molecule has 0 fully saturated rings. The molecule has 0 bridgehead atoms. The molecule has 0 spiro atoms. The van der Waals surface area contributed by atoms with E-state index in [4.69, 9.17) is 25.8 Å². The summed E-state index contributed by atoms with van der Waals surface area (Å²) in [6, 6.07) is 46.2. The van der Waals surface area contributed by atoms with Crippen LogP contribution in [0.1, 0.15) is 101 Å². The monoisotopic (exact) mass is 1400 g/mol. The molecule has 99 heavy (non-hydrogen) atoms. The van der Waals surface area contributed by atoms with Crippen LogP contribution in [0, 0.1) is 54.3 Å². The van der Waals surface area contributed by atoms with Crippen molar-refractivity contribution in [1.82, 2.24) is 0 Å². The van der Waals surface area contributed by atoms with Crippen molar-refractivity contribution < 1.29 is 76.9 Å². The average molecular weight is 1400 g/mol. The van der Waals surface area contributed by atoms with Gasteiger partial charge in [-0.25, -0.2) is 4.39 Å². The standard InChI is InChI=1S/C27H22O5S.C26H19ClO5S.C26H19FO5S/c1-16-12-17(2)24(18(3)13-16)25(30)27-26(22-9-6-20(29)14-23(22)33-27)32-21-7-4-19(5-8-21)10-11-31-15-28;2*1-15-11-18(27)12-16(2)23(15)24(30)26-25(21-8-5-19(29)13-22(21)33-26)32-20-6-3-17(4-7-20)9-10-31-14-28/h4-15,29H,1-3H3;2*3-14,29H,1-2H3/b11-10+;2*10-9+. The second-order valence-electron chi connectivity index (χ2n) is 22.5. The minimum atomic E-state index is -0.396. The fourth-order valence-electron chi connectivity index (χ4n) is 11.1. The Bertz CT molecular complexity index is 4600. The van der Waals surface area contributed by atoms with Crippen molar-refractivity contribution >= 4 is 131 Å². The number of ether oxygens (including phenoxy) is 6. The second-order valence-corrected chi connectivity index (χ2v) is 26.1. The molecule has 3 heterocycles. The molecule has 0 aliphatic carbocycles. The van der Waals surface area contributed by atoms with Gasteiger partial charge in [-0.1, -0.05) is 65.7 Å². The number of hydrogen-bond donors (Lipinski definition) is 3. The lowest BCUT2D eigenvalue weighted by molar-refractivity contribution is -0.124. The summed E-state index contributed by atoms with van der Waals surface area (Å²) in [5.74, 6) is 2.25. The molecule has 0 unspecified atom stereocenters. The summed E-state index contributed by atoms with van der Waals surface area (Å²) in [4.78, 5) is 72.9. The zero-order chi connectivity index (χ0) is 70.6. The summed E-state index contributed by atoms with van der Waals surface area (Å²) in [5, 5.41) is 32.6. The highest BCUT2D eigenvalue weighted by atomic mass is 35.5. The van der Waals surface area contributed by atoms with Gasteiger partial charge in [0.2, 0.25) is 17.3 Å².